The molecule has 1 rings (SSSR count). The van der Waals surface area contributed by atoms with E-state index in [9.17, 15) is 14.4 Å². The Kier molecular flexibility index (Phi) is 5.52. The van der Waals surface area contributed by atoms with Gasteiger partial charge in [-0.25, -0.2) is 4.79 Å². The lowest BCUT2D eigenvalue weighted by Gasteiger charge is -2.17. The van der Waals surface area contributed by atoms with Crippen molar-refractivity contribution in [2.75, 3.05) is 13.6 Å². The molecule has 0 aliphatic rings. The zero-order chi connectivity index (χ0) is 15.1. The van der Waals surface area contributed by atoms with E-state index in [-0.39, 0.29) is 18.7 Å². The molecule has 0 aliphatic carbocycles. The van der Waals surface area contributed by atoms with Crippen LogP contribution in [-0.2, 0) is 9.59 Å². The van der Waals surface area contributed by atoms with Crippen molar-refractivity contribution in [1.82, 2.24) is 10.2 Å². The first-order valence-corrected chi connectivity index (χ1v) is 5.87. The minimum atomic E-state index is -1.15. The van der Waals surface area contributed by atoms with E-state index >= 15 is 0 Å². The topological polar surface area (TPSA) is 99.9 Å². The molecule has 0 bridgehead atoms. The number of carbonyl (C=O) groups excluding carboxylic acids is 2. The van der Waals surface area contributed by atoms with Gasteiger partial charge in [0, 0.05) is 7.05 Å². The number of carbonyl (C=O) groups is 3. The highest BCUT2D eigenvalue weighted by molar-refractivity contribution is 5.94. The van der Waals surface area contributed by atoms with Gasteiger partial charge >= 0.3 is 5.97 Å². The van der Waals surface area contributed by atoms with Gasteiger partial charge in [-0.05, 0) is 18.6 Å². The van der Waals surface area contributed by atoms with Gasteiger partial charge in [0.15, 0.2) is 5.76 Å². The minimum absolute atomic E-state index is 0.108. The standard InChI is InChI=1S/C13H16N2O5/c1-3-5-9(13(18)19)14-11(16)8-15(2)12(17)10-6-4-7-20-10/h3-4,6-7,9H,1,5,8H2,2H3,(H,14,16)(H,18,19). The monoisotopic (exact) mass is 280 g/mol. The molecule has 0 fully saturated rings. The summed E-state index contributed by atoms with van der Waals surface area (Å²) in [6, 6.07) is 1.99. The van der Waals surface area contributed by atoms with E-state index in [0.29, 0.717) is 0 Å². The molecule has 1 unspecified atom stereocenters. The second-order valence-corrected chi connectivity index (χ2v) is 4.12. The molecular weight excluding hydrogens is 264 g/mol. The predicted molar refractivity (Wildman–Crippen MR) is 70.0 cm³/mol. The second kappa shape index (κ2) is 7.13. The largest absolute Gasteiger partial charge is 0.480 e. The maximum atomic E-state index is 11.8. The molecule has 1 heterocycles. The molecule has 7 heteroatoms. The third kappa shape index (κ3) is 4.27. The Bertz CT molecular complexity index is 495. The maximum absolute atomic E-state index is 11.8. The molecule has 0 saturated heterocycles. The van der Waals surface area contributed by atoms with Gasteiger partial charge < -0.3 is 19.7 Å². The maximum Gasteiger partial charge on any atom is 0.326 e. The number of amides is 2. The Hall–Kier alpha value is -2.57. The van der Waals surface area contributed by atoms with Gasteiger partial charge in [-0.2, -0.15) is 0 Å². The van der Waals surface area contributed by atoms with Crippen LogP contribution >= 0.6 is 0 Å². The van der Waals surface area contributed by atoms with E-state index < -0.39 is 23.8 Å². The minimum Gasteiger partial charge on any atom is -0.480 e. The van der Waals surface area contributed by atoms with Crippen LogP contribution in [0, 0.1) is 0 Å². The number of likely N-dealkylation sites (N-methyl/N-ethyl adjacent to an activating group) is 1. The normalized spacial score (nSPS) is 11.4. The van der Waals surface area contributed by atoms with Crippen LogP contribution in [0.2, 0.25) is 0 Å². The van der Waals surface area contributed by atoms with Crippen molar-refractivity contribution in [3.63, 3.8) is 0 Å². The van der Waals surface area contributed by atoms with Gasteiger partial charge in [-0.3, -0.25) is 9.59 Å². The van der Waals surface area contributed by atoms with Crippen LogP contribution in [0.1, 0.15) is 17.0 Å². The molecule has 2 N–H and O–H groups in total. The lowest BCUT2D eigenvalue weighted by Crippen LogP contribution is -2.45. The first kappa shape index (κ1) is 15.5. The van der Waals surface area contributed by atoms with Gasteiger partial charge in [-0.15, -0.1) is 6.58 Å². The quantitative estimate of drug-likeness (QED) is 0.708. The van der Waals surface area contributed by atoms with Crippen LogP contribution in [0.3, 0.4) is 0 Å². The number of rotatable bonds is 7. The van der Waals surface area contributed by atoms with Crippen LogP contribution < -0.4 is 5.32 Å². The Labute approximate surface area is 115 Å². The van der Waals surface area contributed by atoms with Gasteiger partial charge in [-0.1, -0.05) is 6.08 Å². The molecular formula is C13H16N2O5. The number of furan rings is 1. The zero-order valence-electron chi connectivity index (χ0n) is 11.0. The fourth-order valence-electron chi connectivity index (χ4n) is 1.50. The molecule has 0 saturated carbocycles. The van der Waals surface area contributed by atoms with Gasteiger partial charge in [0.1, 0.15) is 6.04 Å². The van der Waals surface area contributed by atoms with E-state index in [2.05, 4.69) is 11.9 Å². The summed E-state index contributed by atoms with van der Waals surface area (Å²) in [5, 5.41) is 11.2. The fraction of sp³-hybridized carbons (Fsp3) is 0.308. The molecule has 20 heavy (non-hydrogen) atoms. The molecule has 0 aliphatic heterocycles. The summed E-state index contributed by atoms with van der Waals surface area (Å²) in [6.45, 7) is 3.16. The summed E-state index contributed by atoms with van der Waals surface area (Å²) < 4.78 is 4.93. The van der Waals surface area contributed by atoms with Crippen molar-refractivity contribution in [3.05, 3.63) is 36.8 Å². The Balaban J connectivity index is 2.55. The first-order chi connectivity index (χ1) is 9.45. The molecule has 1 aromatic heterocycles. The zero-order valence-corrected chi connectivity index (χ0v) is 11.0. The van der Waals surface area contributed by atoms with Crippen molar-refractivity contribution in [1.29, 1.82) is 0 Å². The van der Waals surface area contributed by atoms with Crippen LogP contribution in [0.15, 0.2) is 35.5 Å². The third-order valence-electron chi connectivity index (χ3n) is 2.50. The summed E-state index contributed by atoms with van der Waals surface area (Å²) in [4.78, 5) is 35.5. The number of aliphatic carboxylic acids is 1. The van der Waals surface area contributed by atoms with Crippen molar-refractivity contribution in [3.8, 4) is 0 Å². The van der Waals surface area contributed by atoms with Gasteiger partial charge in [0.25, 0.3) is 5.91 Å². The summed E-state index contributed by atoms with van der Waals surface area (Å²) in [7, 11) is 1.42. The smallest absolute Gasteiger partial charge is 0.326 e. The van der Waals surface area contributed by atoms with E-state index in [1.54, 1.807) is 6.07 Å². The third-order valence-corrected chi connectivity index (χ3v) is 2.50. The Morgan fingerprint density at radius 3 is 2.75 bits per heavy atom. The van der Waals surface area contributed by atoms with E-state index in [0.717, 1.165) is 4.90 Å². The number of carboxylic acids is 1. The Morgan fingerprint density at radius 2 is 2.25 bits per heavy atom. The molecule has 7 nitrogen and oxygen atoms in total. The van der Waals surface area contributed by atoms with E-state index in [1.165, 1.54) is 25.5 Å². The van der Waals surface area contributed by atoms with Gasteiger partial charge in [0.05, 0.1) is 12.8 Å². The average Bonchev–Trinajstić information content (AvgIpc) is 2.90. The van der Waals surface area contributed by atoms with Crippen molar-refractivity contribution >= 4 is 17.8 Å². The summed E-state index contributed by atoms with van der Waals surface area (Å²) >= 11 is 0. The highest BCUT2D eigenvalue weighted by atomic mass is 16.4. The first-order valence-electron chi connectivity index (χ1n) is 5.87. The second-order valence-electron chi connectivity index (χ2n) is 4.12. The number of nitrogens with zero attached hydrogens (tertiary/aromatic N) is 1. The number of hydrogen-bond donors (Lipinski definition) is 2. The van der Waals surface area contributed by atoms with Crippen LogP contribution in [0.25, 0.3) is 0 Å². The molecule has 0 spiro atoms. The SMILES string of the molecule is C=CCC(NC(=O)CN(C)C(=O)c1ccco1)C(=O)O. The van der Waals surface area contributed by atoms with Crippen LogP contribution in [0.5, 0.6) is 0 Å². The number of carboxylic acid groups (broad SMARTS) is 1. The van der Waals surface area contributed by atoms with Crippen molar-refractivity contribution in [2.24, 2.45) is 0 Å². The molecule has 2 amide bonds. The van der Waals surface area contributed by atoms with Crippen LogP contribution in [-0.4, -0.2) is 47.4 Å². The number of hydrogen-bond acceptors (Lipinski definition) is 4. The lowest BCUT2D eigenvalue weighted by molar-refractivity contribution is -0.141. The predicted octanol–water partition coefficient (Wildman–Crippen LogP) is 0.497. The lowest BCUT2D eigenvalue weighted by atomic mass is 10.2. The van der Waals surface area contributed by atoms with Gasteiger partial charge in [0.2, 0.25) is 5.91 Å². The molecule has 1 atom stereocenters. The average molecular weight is 280 g/mol. The van der Waals surface area contributed by atoms with Crippen LogP contribution in [0.4, 0.5) is 0 Å². The van der Waals surface area contributed by atoms with Crippen molar-refractivity contribution in [2.45, 2.75) is 12.5 Å². The fourth-order valence-corrected chi connectivity index (χ4v) is 1.50. The summed E-state index contributed by atoms with van der Waals surface area (Å²) in [5.41, 5.74) is 0. The molecule has 0 aromatic carbocycles. The summed E-state index contributed by atoms with van der Waals surface area (Å²) in [6.07, 6.45) is 2.86. The van der Waals surface area contributed by atoms with E-state index in [1.807, 2.05) is 0 Å². The number of nitrogens with one attached hydrogen (secondary N) is 1. The van der Waals surface area contributed by atoms with Crippen molar-refractivity contribution < 1.29 is 23.9 Å². The Morgan fingerprint density at radius 1 is 1.55 bits per heavy atom. The van der Waals surface area contributed by atoms with E-state index in [4.69, 9.17) is 9.52 Å². The highest BCUT2D eigenvalue weighted by Crippen LogP contribution is 2.04. The highest BCUT2D eigenvalue weighted by Gasteiger charge is 2.21. The molecule has 0 radical (unpaired) electrons. The summed E-state index contributed by atoms with van der Waals surface area (Å²) in [5.74, 6) is -2.07. The molecule has 1 aromatic rings. The molecule has 108 valence electrons.